The molecule has 7 heavy (non-hydrogen) atoms. The molecule has 0 amide bonds. The zero-order valence-corrected chi connectivity index (χ0v) is 7.33. The summed E-state index contributed by atoms with van der Waals surface area (Å²) in [6.07, 6.45) is 4.64. The zero-order valence-electron chi connectivity index (χ0n) is 4.16. The smallest absolute Gasteiger partial charge is 0.00340 e. The first kappa shape index (κ1) is 7.96. The molecule has 0 aliphatic carbocycles. The first-order valence-electron chi connectivity index (χ1n) is 2.35. The van der Waals surface area contributed by atoms with Crippen molar-refractivity contribution in [2.45, 2.75) is 12.8 Å². The number of hydrogen-bond donors (Lipinski definition) is 0. The van der Waals surface area contributed by atoms with Gasteiger partial charge in [0.1, 0.15) is 0 Å². The van der Waals surface area contributed by atoms with Gasteiger partial charge in [0.15, 0.2) is 0 Å². The van der Waals surface area contributed by atoms with Gasteiger partial charge in [-0.25, -0.2) is 0 Å². The molecule has 1 radical (unpaired) electrons. The molecular weight excluding hydrogens is 220 g/mol. The molecule has 0 spiro atoms. The molecule has 0 saturated heterocycles. The lowest BCUT2D eigenvalue weighted by Gasteiger charge is -1.88. The van der Waals surface area contributed by atoms with Gasteiger partial charge >= 0.3 is 0 Å². The molecule has 0 saturated carbocycles. The molecule has 0 N–H and O–H groups in total. The van der Waals surface area contributed by atoms with E-state index in [9.17, 15) is 0 Å². The van der Waals surface area contributed by atoms with Crippen molar-refractivity contribution >= 4 is 31.9 Å². The largest absolute Gasteiger partial charge is 0.0928 e. The third-order valence-electron chi connectivity index (χ3n) is 0.626. The van der Waals surface area contributed by atoms with Gasteiger partial charge in [-0.3, -0.25) is 0 Å². The summed E-state index contributed by atoms with van der Waals surface area (Å²) >= 11 is 6.67. The summed E-state index contributed by atoms with van der Waals surface area (Å²) in [5.41, 5.74) is 0. The van der Waals surface area contributed by atoms with Crippen molar-refractivity contribution in [2.75, 3.05) is 10.7 Å². The van der Waals surface area contributed by atoms with Crippen molar-refractivity contribution in [3.05, 3.63) is 6.42 Å². The van der Waals surface area contributed by atoms with Gasteiger partial charge in [-0.05, 0) is 19.3 Å². The van der Waals surface area contributed by atoms with Crippen molar-refractivity contribution in [2.24, 2.45) is 0 Å². The number of unbranched alkanes of at least 4 members (excludes halogenated alkanes) is 2. The monoisotopic (exact) mass is 227 g/mol. The third-order valence-corrected chi connectivity index (χ3v) is 1.54. The predicted molar refractivity (Wildman–Crippen MR) is 41.1 cm³/mol. The average Bonchev–Trinajstić information content (AvgIpc) is 1.69. The lowest BCUT2D eigenvalue weighted by molar-refractivity contribution is 0.999. The first-order chi connectivity index (χ1) is 3.41. The SMILES string of the molecule is BrCC[CH]CCBr. The van der Waals surface area contributed by atoms with Crippen molar-refractivity contribution in [3.8, 4) is 0 Å². The van der Waals surface area contributed by atoms with Gasteiger partial charge in [-0.15, -0.1) is 0 Å². The molecule has 0 aromatic rings. The Morgan fingerprint density at radius 1 is 1.00 bits per heavy atom. The number of rotatable bonds is 4. The summed E-state index contributed by atoms with van der Waals surface area (Å²) in [6.45, 7) is 0. The highest BCUT2D eigenvalue weighted by Gasteiger charge is 1.82. The summed E-state index contributed by atoms with van der Waals surface area (Å²) in [4.78, 5) is 0. The minimum Gasteiger partial charge on any atom is -0.0928 e. The highest BCUT2D eigenvalue weighted by atomic mass is 79.9. The average molecular weight is 229 g/mol. The molecule has 0 rings (SSSR count). The Morgan fingerprint density at radius 2 is 1.43 bits per heavy atom. The Balaban J connectivity index is 2.45. The lowest BCUT2D eigenvalue weighted by Crippen LogP contribution is -1.77. The fourth-order valence-electron chi connectivity index (χ4n) is 0.299. The fourth-order valence-corrected chi connectivity index (χ4v) is 0.946. The second kappa shape index (κ2) is 6.96. The van der Waals surface area contributed by atoms with Gasteiger partial charge in [0.2, 0.25) is 0 Å². The summed E-state index contributed by atoms with van der Waals surface area (Å²) in [5.74, 6) is 0. The van der Waals surface area contributed by atoms with Crippen LogP contribution in [0.3, 0.4) is 0 Å². The third kappa shape index (κ3) is 6.96. The van der Waals surface area contributed by atoms with Crippen LogP contribution in [-0.2, 0) is 0 Å². The molecule has 0 fully saturated rings. The molecule has 0 aliphatic heterocycles. The van der Waals surface area contributed by atoms with E-state index in [1.165, 1.54) is 12.8 Å². The fraction of sp³-hybridized carbons (Fsp3) is 0.800. The highest BCUT2D eigenvalue weighted by molar-refractivity contribution is 9.09. The van der Waals surface area contributed by atoms with Gasteiger partial charge in [0.25, 0.3) is 0 Å². The van der Waals surface area contributed by atoms with Crippen LogP contribution in [0.5, 0.6) is 0 Å². The Bertz CT molecular complexity index is 25.3. The van der Waals surface area contributed by atoms with E-state index in [-0.39, 0.29) is 0 Å². The van der Waals surface area contributed by atoms with Crippen LogP contribution in [0.15, 0.2) is 0 Å². The van der Waals surface area contributed by atoms with Crippen molar-refractivity contribution in [1.82, 2.24) is 0 Å². The maximum absolute atomic E-state index is 3.33. The van der Waals surface area contributed by atoms with E-state index >= 15 is 0 Å². The van der Waals surface area contributed by atoms with E-state index < -0.39 is 0 Å². The Kier molecular flexibility index (Phi) is 7.91. The molecule has 0 bridgehead atoms. The molecule has 43 valence electrons. The predicted octanol–water partition coefficient (Wildman–Crippen LogP) is 2.76. The number of alkyl halides is 2. The molecule has 0 unspecified atom stereocenters. The van der Waals surface area contributed by atoms with Crippen LogP contribution in [0.2, 0.25) is 0 Å². The van der Waals surface area contributed by atoms with E-state index in [1.807, 2.05) is 0 Å². The minimum absolute atomic E-state index is 1.10. The van der Waals surface area contributed by atoms with Gasteiger partial charge in [-0.1, -0.05) is 31.9 Å². The first-order valence-corrected chi connectivity index (χ1v) is 4.59. The zero-order chi connectivity index (χ0) is 5.54. The van der Waals surface area contributed by atoms with Gasteiger partial charge < -0.3 is 0 Å². The quantitative estimate of drug-likeness (QED) is 0.513. The molecule has 2 heteroatoms. The van der Waals surface area contributed by atoms with Crippen LogP contribution in [0, 0.1) is 6.42 Å². The number of halogens is 2. The van der Waals surface area contributed by atoms with Crippen molar-refractivity contribution < 1.29 is 0 Å². The van der Waals surface area contributed by atoms with E-state index in [4.69, 9.17) is 0 Å². The van der Waals surface area contributed by atoms with Crippen molar-refractivity contribution in [3.63, 3.8) is 0 Å². The molecule has 0 atom stereocenters. The van der Waals surface area contributed by atoms with Crippen LogP contribution < -0.4 is 0 Å². The van der Waals surface area contributed by atoms with Crippen LogP contribution in [0.4, 0.5) is 0 Å². The maximum Gasteiger partial charge on any atom is 0.00340 e. The minimum atomic E-state index is 1.10. The van der Waals surface area contributed by atoms with E-state index in [0.717, 1.165) is 10.7 Å². The van der Waals surface area contributed by atoms with Gasteiger partial charge in [0, 0.05) is 10.7 Å². The molecule has 0 aromatic carbocycles. The Hall–Kier alpha value is 0.960. The molecule has 0 aromatic heterocycles. The second-order valence-corrected chi connectivity index (χ2v) is 2.83. The van der Waals surface area contributed by atoms with Crippen molar-refractivity contribution in [1.29, 1.82) is 0 Å². The molecule has 0 nitrogen and oxygen atoms in total. The summed E-state index contributed by atoms with van der Waals surface area (Å²) in [7, 11) is 0. The summed E-state index contributed by atoms with van der Waals surface area (Å²) in [5, 5.41) is 2.19. The van der Waals surface area contributed by atoms with Crippen LogP contribution in [0.25, 0.3) is 0 Å². The lowest BCUT2D eigenvalue weighted by atomic mass is 10.3. The molecule has 0 aliphatic rings. The van der Waals surface area contributed by atoms with Crippen LogP contribution in [-0.4, -0.2) is 10.7 Å². The second-order valence-electron chi connectivity index (χ2n) is 1.24. The topological polar surface area (TPSA) is 0 Å². The Morgan fingerprint density at radius 3 is 1.71 bits per heavy atom. The molecular formula is C5H9Br2. The van der Waals surface area contributed by atoms with Gasteiger partial charge in [0.05, 0.1) is 0 Å². The normalized spacial score (nSPS) is 9.43. The van der Waals surface area contributed by atoms with Crippen LogP contribution >= 0.6 is 31.9 Å². The summed E-state index contributed by atoms with van der Waals surface area (Å²) in [6, 6.07) is 0. The Labute approximate surface area is 61.9 Å². The standard InChI is InChI=1S/C5H9Br2/c6-4-2-1-3-5-7/h1H,2-5H2. The van der Waals surface area contributed by atoms with E-state index in [1.54, 1.807) is 0 Å². The summed E-state index contributed by atoms with van der Waals surface area (Å²) < 4.78 is 0. The van der Waals surface area contributed by atoms with Gasteiger partial charge in [-0.2, -0.15) is 0 Å². The van der Waals surface area contributed by atoms with E-state index in [0.29, 0.717) is 0 Å². The highest BCUT2D eigenvalue weighted by Crippen LogP contribution is 1.98. The molecule has 0 heterocycles. The number of hydrogen-bond acceptors (Lipinski definition) is 0. The maximum atomic E-state index is 3.33. The van der Waals surface area contributed by atoms with E-state index in [2.05, 4.69) is 38.3 Å². The van der Waals surface area contributed by atoms with Crippen LogP contribution in [0.1, 0.15) is 12.8 Å².